The minimum atomic E-state index is -0.374. The average Bonchev–Trinajstić information content (AvgIpc) is 3.10. The van der Waals surface area contributed by atoms with E-state index in [-0.39, 0.29) is 43.3 Å². The van der Waals surface area contributed by atoms with Crippen molar-refractivity contribution >= 4 is 33.4 Å². The number of fused-ring (bicyclic) bond motifs is 1. The summed E-state index contributed by atoms with van der Waals surface area (Å²) in [5.41, 5.74) is 0.960. The van der Waals surface area contributed by atoms with Crippen molar-refractivity contribution in [3.8, 4) is 6.07 Å². The predicted octanol–water partition coefficient (Wildman–Crippen LogP) is 3.14. The molecule has 0 saturated heterocycles. The Bertz CT molecular complexity index is 794. The number of para-hydroxylation sites is 1. The van der Waals surface area contributed by atoms with E-state index in [4.69, 9.17) is 15.0 Å². The van der Waals surface area contributed by atoms with Crippen LogP contribution in [0.5, 0.6) is 0 Å². The highest BCUT2D eigenvalue weighted by Gasteiger charge is 2.35. The molecule has 3 rings (SSSR count). The van der Waals surface area contributed by atoms with Gasteiger partial charge in [-0.15, -0.1) is 11.3 Å². The number of hydrogen-bond donors (Lipinski definition) is 1. The average molecular weight is 371 g/mol. The van der Waals surface area contributed by atoms with Crippen LogP contribution in [0.15, 0.2) is 24.3 Å². The molecule has 0 unspecified atom stereocenters. The van der Waals surface area contributed by atoms with Crippen LogP contribution in [0.1, 0.15) is 43.0 Å². The van der Waals surface area contributed by atoms with Crippen molar-refractivity contribution in [1.29, 1.82) is 5.26 Å². The van der Waals surface area contributed by atoms with E-state index < -0.39 is 0 Å². The molecule has 2 aromatic rings. The number of nitriles is 1. The number of rotatable bonds is 6. The van der Waals surface area contributed by atoms with Crippen LogP contribution in [0.3, 0.4) is 0 Å². The lowest BCUT2D eigenvalue weighted by molar-refractivity contribution is -0.154. The van der Waals surface area contributed by atoms with Crippen molar-refractivity contribution in [1.82, 2.24) is 10.3 Å². The molecule has 1 heterocycles. The van der Waals surface area contributed by atoms with Crippen molar-refractivity contribution in [3.63, 3.8) is 0 Å². The van der Waals surface area contributed by atoms with Crippen LogP contribution in [0.2, 0.25) is 0 Å². The van der Waals surface area contributed by atoms with Crippen molar-refractivity contribution in [2.24, 2.45) is 5.92 Å². The van der Waals surface area contributed by atoms with Gasteiger partial charge in [0.15, 0.2) is 6.61 Å². The van der Waals surface area contributed by atoms with Crippen LogP contribution < -0.4 is 5.32 Å². The zero-order chi connectivity index (χ0) is 18.4. The predicted molar refractivity (Wildman–Crippen MR) is 98.5 cm³/mol. The quantitative estimate of drug-likeness (QED) is 0.622. The molecule has 1 aliphatic carbocycles. The summed E-state index contributed by atoms with van der Waals surface area (Å²) in [6, 6.07) is 9.92. The second kappa shape index (κ2) is 8.77. The molecule has 1 aromatic heterocycles. The number of aromatic nitrogens is 1. The van der Waals surface area contributed by atoms with Crippen LogP contribution in [-0.4, -0.2) is 30.0 Å². The standard InChI is InChI=1S/C19H21N3O3S/c20-10-5-11-21-17(23)12-25-19(24)14-7-2-1-6-13(14)18-22-15-8-3-4-9-16(15)26-18/h3-4,8-9,13-14H,1-2,5-7,11-12H2,(H,21,23)/t13-,14-/m1/s1. The highest BCUT2D eigenvalue weighted by molar-refractivity contribution is 7.18. The molecule has 1 aliphatic rings. The lowest BCUT2D eigenvalue weighted by Gasteiger charge is -2.28. The Morgan fingerprint density at radius 1 is 1.31 bits per heavy atom. The molecule has 0 spiro atoms. The van der Waals surface area contributed by atoms with Gasteiger partial charge in [0, 0.05) is 12.5 Å². The number of carbonyl (C=O) groups excluding carboxylic acids is 2. The lowest BCUT2D eigenvalue weighted by Crippen LogP contribution is -2.33. The number of amides is 1. The van der Waals surface area contributed by atoms with Gasteiger partial charge in [0.2, 0.25) is 0 Å². The van der Waals surface area contributed by atoms with Gasteiger partial charge in [-0.1, -0.05) is 25.0 Å². The molecule has 1 aromatic carbocycles. The van der Waals surface area contributed by atoms with Crippen molar-refractivity contribution in [2.75, 3.05) is 13.2 Å². The van der Waals surface area contributed by atoms with Crippen LogP contribution in [-0.2, 0) is 14.3 Å². The molecule has 0 aliphatic heterocycles. The van der Waals surface area contributed by atoms with Crippen LogP contribution in [0.25, 0.3) is 10.2 Å². The third-order valence-corrected chi connectivity index (χ3v) is 5.77. The Hall–Kier alpha value is -2.46. The maximum atomic E-state index is 12.6. The van der Waals surface area contributed by atoms with Crippen molar-refractivity contribution in [3.05, 3.63) is 29.3 Å². The van der Waals surface area contributed by atoms with E-state index in [1.54, 1.807) is 11.3 Å². The largest absolute Gasteiger partial charge is 0.455 e. The van der Waals surface area contributed by atoms with Crippen molar-refractivity contribution < 1.29 is 14.3 Å². The molecular weight excluding hydrogens is 350 g/mol. The van der Waals surface area contributed by atoms with Gasteiger partial charge in [0.1, 0.15) is 0 Å². The summed E-state index contributed by atoms with van der Waals surface area (Å²) in [5.74, 6) is -0.906. The fraction of sp³-hybridized carbons (Fsp3) is 0.474. The second-order valence-corrected chi connectivity index (χ2v) is 7.45. The number of thiazole rings is 1. The van der Waals surface area contributed by atoms with Crippen LogP contribution in [0, 0.1) is 17.2 Å². The first-order chi connectivity index (χ1) is 12.7. The maximum absolute atomic E-state index is 12.6. The summed E-state index contributed by atoms with van der Waals surface area (Å²) in [5, 5.41) is 12.0. The first-order valence-corrected chi connectivity index (χ1v) is 9.66. The van der Waals surface area contributed by atoms with E-state index in [9.17, 15) is 9.59 Å². The van der Waals surface area contributed by atoms with Crippen LogP contribution in [0.4, 0.5) is 0 Å². The number of esters is 1. The van der Waals surface area contributed by atoms with Gasteiger partial charge in [0.05, 0.1) is 33.6 Å². The first-order valence-electron chi connectivity index (χ1n) is 8.85. The van der Waals surface area contributed by atoms with Gasteiger partial charge < -0.3 is 10.1 Å². The van der Waals surface area contributed by atoms with E-state index >= 15 is 0 Å². The topological polar surface area (TPSA) is 92.1 Å². The Labute approximate surface area is 156 Å². The summed E-state index contributed by atoms with van der Waals surface area (Å²) in [7, 11) is 0. The Morgan fingerprint density at radius 2 is 2.12 bits per heavy atom. The minimum Gasteiger partial charge on any atom is -0.455 e. The molecule has 2 atom stereocenters. The summed E-state index contributed by atoms with van der Waals surface area (Å²) in [6.07, 6.45) is 3.96. The molecule has 1 N–H and O–H groups in total. The zero-order valence-corrected chi connectivity index (χ0v) is 15.3. The van der Waals surface area contributed by atoms with Gasteiger partial charge in [-0.3, -0.25) is 9.59 Å². The number of carbonyl (C=O) groups is 2. The Morgan fingerprint density at radius 3 is 2.92 bits per heavy atom. The summed E-state index contributed by atoms with van der Waals surface area (Å²) in [6.45, 7) is -0.0298. The molecule has 26 heavy (non-hydrogen) atoms. The lowest BCUT2D eigenvalue weighted by atomic mass is 9.79. The summed E-state index contributed by atoms with van der Waals surface area (Å²) < 4.78 is 6.37. The molecule has 0 radical (unpaired) electrons. The monoisotopic (exact) mass is 371 g/mol. The van der Waals surface area contributed by atoms with E-state index in [1.165, 1.54) is 0 Å². The van der Waals surface area contributed by atoms with Gasteiger partial charge in [-0.25, -0.2) is 4.98 Å². The smallest absolute Gasteiger partial charge is 0.310 e. The number of hydrogen-bond acceptors (Lipinski definition) is 6. The number of nitrogens with one attached hydrogen (secondary N) is 1. The maximum Gasteiger partial charge on any atom is 0.310 e. The molecule has 0 bridgehead atoms. The highest BCUT2D eigenvalue weighted by atomic mass is 32.1. The molecule has 1 saturated carbocycles. The van der Waals surface area contributed by atoms with E-state index in [2.05, 4.69) is 5.32 Å². The van der Waals surface area contributed by atoms with Crippen LogP contribution >= 0.6 is 11.3 Å². The molecule has 1 amide bonds. The Balaban J connectivity index is 1.64. The third-order valence-electron chi connectivity index (χ3n) is 4.60. The highest BCUT2D eigenvalue weighted by Crippen LogP contribution is 2.41. The van der Waals surface area contributed by atoms with Gasteiger partial charge >= 0.3 is 5.97 Å². The molecule has 7 heteroatoms. The first kappa shape index (κ1) is 18.3. The van der Waals surface area contributed by atoms with Crippen molar-refractivity contribution in [2.45, 2.75) is 38.0 Å². The minimum absolute atomic E-state index is 0.0512. The Kier molecular flexibility index (Phi) is 6.18. The molecule has 6 nitrogen and oxygen atoms in total. The molecular formula is C19H21N3O3S. The normalized spacial score (nSPS) is 19.7. The number of nitrogens with zero attached hydrogens (tertiary/aromatic N) is 2. The summed E-state index contributed by atoms with van der Waals surface area (Å²) >= 11 is 1.63. The molecule has 136 valence electrons. The van der Waals surface area contributed by atoms with Gasteiger partial charge in [-0.2, -0.15) is 5.26 Å². The number of benzene rings is 1. The SMILES string of the molecule is N#CCCNC(=O)COC(=O)[C@@H]1CCCC[C@H]1c1nc2ccccc2s1. The molecule has 1 fully saturated rings. The van der Waals surface area contributed by atoms with E-state index in [1.807, 2.05) is 30.3 Å². The summed E-state index contributed by atoms with van der Waals surface area (Å²) in [4.78, 5) is 28.9. The number of ether oxygens (including phenoxy) is 1. The second-order valence-electron chi connectivity index (χ2n) is 6.38. The van der Waals surface area contributed by atoms with E-state index in [0.717, 1.165) is 40.9 Å². The fourth-order valence-corrected chi connectivity index (χ4v) is 4.48. The fourth-order valence-electron chi connectivity index (χ4n) is 3.31. The zero-order valence-electron chi connectivity index (χ0n) is 14.4. The van der Waals surface area contributed by atoms with Gasteiger partial charge in [0.25, 0.3) is 5.91 Å². The van der Waals surface area contributed by atoms with Gasteiger partial charge in [-0.05, 0) is 25.0 Å². The van der Waals surface area contributed by atoms with E-state index in [0.29, 0.717) is 0 Å². The third kappa shape index (κ3) is 4.38.